The first kappa shape index (κ1) is 22.1. The number of rotatable bonds is 10. The molecule has 30 heavy (non-hydrogen) atoms. The Bertz CT molecular complexity index is 1030. The largest absolute Gasteiger partial charge is 0.490 e. The van der Waals surface area contributed by atoms with Crippen molar-refractivity contribution in [3.05, 3.63) is 59.9 Å². The molecule has 0 radical (unpaired) electrons. The summed E-state index contributed by atoms with van der Waals surface area (Å²) in [5.74, 6) is 0.431. The van der Waals surface area contributed by atoms with E-state index in [-0.39, 0.29) is 17.8 Å². The number of ether oxygens (including phenoxy) is 1. The number of carbonyl (C=O) groups excluding carboxylic acids is 1. The third kappa shape index (κ3) is 5.30. The molecule has 160 valence electrons. The second-order valence-electron chi connectivity index (χ2n) is 6.47. The summed E-state index contributed by atoms with van der Waals surface area (Å²) in [4.78, 5) is 12.6. The van der Waals surface area contributed by atoms with E-state index in [1.165, 1.54) is 0 Å². The van der Waals surface area contributed by atoms with E-state index in [0.717, 1.165) is 10.9 Å². The summed E-state index contributed by atoms with van der Waals surface area (Å²) in [5, 5.41) is 3.60. The number of amides is 1. The molecule has 8 heteroatoms. The minimum atomic E-state index is -3.17. The van der Waals surface area contributed by atoms with E-state index in [2.05, 4.69) is 5.32 Å². The Kier molecular flexibility index (Phi) is 7.32. The molecule has 0 unspecified atom stereocenters. The normalized spacial score (nSPS) is 11.6. The molecule has 0 spiro atoms. The molecule has 3 aromatic rings. The second-order valence-corrected chi connectivity index (χ2v) is 8.53. The smallest absolute Gasteiger partial charge is 0.335 e. The van der Waals surface area contributed by atoms with Gasteiger partial charge < -0.3 is 23.5 Å². The van der Waals surface area contributed by atoms with E-state index in [4.69, 9.17) is 18.2 Å². The summed E-state index contributed by atoms with van der Waals surface area (Å²) in [6.07, 6.45) is 0.173. The molecule has 0 atom stereocenters. The maximum absolute atomic E-state index is 12.7. The summed E-state index contributed by atoms with van der Waals surface area (Å²) in [5.41, 5.74) is 1.93. The van der Waals surface area contributed by atoms with Gasteiger partial charge in [-0.05, 0) is 50.6 Å². The third-order valence-electron chi connectivity index (χ3n) is 4.27. The second kappa shape index (κ2) is 9.94. The van der Waals surface area contributed by atoms with Gasteiger partial charge in [0.25, 0.3) is 5.91 Å². The van der Waals surface area contributed by atoms with Crippen molar-refractivity contribution in [3.8, 4) is 5.75 Å². The first-order valence-electron chi connectivity index (χ1n) is 9.91. The van der Waals surface area contributed by atoms with Crippen LogP contribution in [0.5, 0.6) is 5.75 Å². The molecule has 0 bridgehead atoms. The molecular formula is C22H26NO6P. The van der Waals surface area contributed by atoms with Crippen LogP contribution in [0.25, 0.3) is 11.0 Å². The molecule has 7 nitrogen and oxygen atoms in total. The van der Waals surface area contributed by atoms with Gasteiger partial charge >= 0.3 is 7.60 Å². The first-order valence-corrected chi connectivity index (χ1v) is 11.6. The van der Waals surface area contributed by atoms with Crippen LogP contribution in [-0.4, -0.2) is 25.7 Å². The summed E-state index contributed by atoms with van der Waals surface area (Å²) in [7, 11) is -3.17. The zero-order valence-corrected chi connectivity index (χ0v) is 18.2. The Morgan fingerprint density at radius 2 is 1.70 bits per heavy atom. The Morgan fingerprint density at radius 3 is 2.33 bits per heavy atom. The average Bonchev–Trinajstić information content (AvgIpc) is 3.16. The van der Waals surface area contributed by atoms with Gasteiger partial charge in [0.05, 0.1) is 26.0 Å². The molecule has 2 aromatic carbocycles. The van der Waals surface area contributed by atoms with E-state index in [9.17, 15) is 9.36 Å². The molecule has 1 N–H and O–H groups in total. The highest BCUT2D eigenvalue weighted by molar-refractivity contribution is 7.53. The van der Waals surface area contributed by atoms with Crippen molar-refractivity contribution >= 4 is 30.2 Å². The van der Waals surface area contributed by atoms with Crippen LogP contribution in [0.2, 0.25) is 0 Å². The van der Waals surface area contributed by atoms with Crippen molar-refractivity contribution < 1.29 is 27.6 Å². The van der Waals surface area contributed by atoms with Crippen LogP contribution < -0.4 is 10.1 Å². The highest BCUT2D eigenvalue weighted by Gasteiger charge is 2.24. The van der Waals surface area contributed by atoms with Crippen molar-refractivity contribution in [1.29, 1.82) is 0 Å². The van der Waals surface area contributed by atoms with Crippen LogP contribution in [0.3, 0.4) is 0 Å². The molecule has 0 aliphatic rings. The van der Waals surface area contributed by atoms with Crippen molar-refractivity contribution in [2.45, 2.75) is 26.9 Å². The number of benzene rings is 2. The number of nitrogens with one attached hydrogen (secondary N) is 1. The van der Waals surface area contributed by atoms with Crippen molar-refractivity contribution in [3.63, 3.8) is 0 Å². The van der Waals surface area contributed by atoms with E-state index >= 15 is 0 Å². The fourth-order valence-electron chi connectivity index (χ4n) is 3.05. The Morgan fingerprint density at radius 1 is 1.00 bits per heavy atom. The monoisotopic (exact) mass is 431 g/mol. The molecule has 1 amide bonds. The van der Waals surface area contributed by atoms with E-state index < -0.39 is 7.60 Å². The minimum absolute atomic E-state index is 0.173. The molecule has 0 saturated heterocycles. The van der Waals surface area contributed by atoms with Gasteiger partial charge in [-0.2, -0.15) is 0 Å². The maximum atomic E-state index is 12.7. The van der Waals surface area contributed by atoms with Gasteiger partial charge in [-0.1, -0.05) is 24.3 Å². The Hall–Kier alpha value is -2.60. The zero-order valence-electron chi connectivity index (χ0n) is 17.3. The number of fused-ring (bicyclic) bond motifs is 1. The SMILES string of the molecule is CCOc1cccc2cc(C(=O)Nc3ccc(CP(=O)(OCC)OCC)cc3)oc12. The van der Waals surface area contributed by atoms with Crippen LogP contribution in [0.4, 0.5) is 5.69 Å². The lowest BCUT2D eigenvalue weighted by atomic mass is 10.2. The van der Waals surface area contributed by atoms with Gasteiger partial charge in [0.15, 0.2) is 17.1 Å². The number of hydrogen-bond donors (Lipinski definition) is 1. The van der Waals surface area contributed by atoms with Gasteiger partial charge in [0.2, 0.25) is 0 Å². The number of furan rings is 1. The van der Waals surface area contributed by atoms with Crippen molar-refractivity contribution in [2.75, 3.05) is 25.1 Å². The van der Waals surface area contributed by atoms with E-state index in [1.807, 2.05) is 19.1 Å². The highest BCUT2D eigenvalue weighted by atomic mass is 31.2. The molecule has 0 aliphatic carbocycles. The predicted molar refractivity (Wildman–Crippen MR) is 116 cm³/mol. The summed E-state index contributed by atoms with van der Waals surface area (Å²) < 4.78 is 34.6. The third-order valence-corrected chi connectivity index (χ3v) is 6.33. The fourth-order valence-corrected chi connectivity index (χ4v) is 4.75. The van der Waals surface area contributed by atoms with Gasteiger partial charge in [0.1, 0.15) is 0 Å². The molecule has 0 aliphatic heterocycles. The zero-order chi connectivity index (χ0) is 21.6. The van der Waals surface area contributed by atoms with Crippen molar-refractivity contribution in [2.24, 2.45) is 0 Å². The molecular weight excluding hydrogens is 405 g/mol. The molecule has 3 rings (SSSR count). The molecule has 1 heterocycles. The summed E-state index contributed by atoms with van der Waals surface area (Å²) in [6.45, 7) is 6.58. The van der Waals surface area contributed by atoms with E-state index in [0.29, 0.717) is 36.8 Å². The van der Waals surface area contributed by atoms with Crippen molar-refractivity contribution in [1.82, 2.24) is 0 Å². The summed E-state index contributed by atoms with van der Waals surface area (Å²) >= 11 is 0. The fraction of sp³-hybridized carbons (Fsp3) is 0.318. The van der Waals surface area contributed by atoms with Crippen LogP contribution in [0.1, 0.15) is 36.9 Å². The van der Waals surface area contributed by atoms with Crippen LogP contribution in [-0.2, 0) is 19.8 Å². The van der Waals surface area contributed by atoms with Crippen LogP contribution >= 0.6 is 7.60 Å². The van der Waals surface area contributed by atoms with Crippen LogP contribution in [0.15, 0.2) is 52.9 Å². The highest BCUT2D eigenvalue weighted by Crippen LogP contribution is 2.51. The average molecular weight is 431 g/mol. The first-order chi connectivity index (χ1) is 14.5. The maximum Gasteiger partial charge on any atom is 0.335 e. The standard InChI is InChI=1S/C22H26NO6P/c1-4-26-19-9-7-8-17-14-20(29-21(17)19)22(24)23-18-12-10-16(11-13-18)15-30(25,27-5-2)28-6-3/h7-14H,4-6,15H2,1-3H3,(H,23,24). The van der Waals surface area contributed by atoms with Crippen LogP contribution in [0, 0.1) is 0 Å². The Labute approximate surface area is 175 Å². The lowest BCUT2D eigenvalue weighted by Gasteiger charge is -2.17. The predicted octanol–water partition coefficient (Wildman–Crippen LogP) is 5.85. The van der Waals surface area contributed by atoms with Gasteiger partial charge in [-0.15, -0.1) is 0 Å². The summed E-state index contributed by atoms with van der Waals surface area (Å²) in [6, 6.07) is 14.3. The molecule has 1 aromatic heterocycles. The van der Waals surface area contributed by atoms with Gasteiger partial charge in [0, 0.05) is 11.1 Å². The molecule has 0 saturated carbocycles. The number of anilines is 1. The van der Waals surface area contributed by atoms with Gasteiger partial charge in [-0.25, -0.2) is 0 Å². The van der Waals surface area contributed by atoms with E-state index in [1.54, 1.807) is 50.2 Å². The number of carbonyl (C=O) groups is 1. The minimum Gasteiger partial charge on any atom is -0.490 e. The lowest BCUT2D eigenvalue weighted by Crippen LogP contribution is -2.10. The lowest BCUT2D eigenvalue weighted by molar-refractivity contribution is 0.0998. The molecule has 0 fully saturated rings. The number of hydrogen-bond acceptors (Lipinski definition) is 6. The Balaban J connectivity index is 1.71. The quantitative estimate of drug-likeness (QED) is 0.405. The topological polar surface area (TPSA) is 87.0 Å². The number of para-hydroxylation sites is 1. The van der Waals surface area contributed by atoms with Gasteiger partial charge in [-0.3, -0.25) is 9.36 Å².